The number of rotatable bonds is 6. The third-order valence-corrected chi connectivity index (χ3v) is 6.77. The Bertz CT molecular complexity index is 853. The van der Waals surface area contributed by atoms with Crippen LogP contribution in [-0.2, 0) is 11.3 Å². The minimum absolute atomic E-state index is 0.212. The van der Waals surface area contributed by atoms with Gasteiger partial charge in [0.25, 0.3) is 0 Å². The van der Waals surface area contributed by atoms with Crippen LogP contribution < -0.4 is 10.6 Å². The first-order valence-electron chi connectivity index (χ1n) is 10.1. The monoisotopic (exact) mass is 413 g/mol. The predicted octanol–water partition coefficient (Wildman–Crippen LogP) is 3.43. The molecule has 0 bridgehead atoms. The summed E-state index contributed by atoms with van der Waals surface area (Å²) in [4.78, 5) is 24.7. The molecular formula is C22H31N5OS. The first-order valence-corrected chi connectivity index (χ1v) is 10.9. The molecule has 2 aromatic rings. The molecule has 1 aliphatic carbocycles. The second-order valence-electron chi connectivity index (χ2n) is 7.86. The minimum atomic E-state index is -0.317. The molecule has 1 amide bonds. The van der Waals surface area contributed by atoms with Gasteiger partial charge in [0, 0.05) is 38.1 Å². The van der Waals surface area contributed by atoms with E-state index in [1.165, 1.54) is 4.88 Å². The number of aryl methyl sites for hydroxylation is 1. The first-order chi connectivity index (χ1) is 13.9. The van der Waals surface area contributed by atoms with E-state index in [-0.39, 0.29) is 11.3 Å². The fraction of sp³-hybridized carbons (Fsp3) is 0.500. The highest BCUT2D eigenvalue weighted by Gasteiger charge is 2.42. The fourth-order valence-electron chi connectivity index (χ4n) is 3.93. The van der Waals surface area contributed by atoms with E-state index >= 15 is 0 Å². The van der Waals surface area contributed by atoms with E-state index in [1.807, 2.05) is 39.2 Å². The van der Waals surface area contributed by atoms with Crippen molar-refractivity contribution in [1.82, 2.24) is 20.5 Å². The van der Waals surface area contributed by atoms with Crippen molar-refractivity contribution in [2.24, 2.45) is 10.4 Å². The number of carbonyl (C=O) groups is 1. The van der Waals surface area contributed by atoms with Gasteiger partial charge in [-0.3, -0.25) is 9.79 Å². The molecule has 6 nitrogen and oxygen atoms in total. The van der Waals surface area contributed by atoms with E-state index in [0.29, 0.717) is 13.1 Å². The predicted molar refractivity (Wildman–Crippen MR) is 120 cm³/mol. The number of carbonyl (C=O) groups excluding carboxylic acids is 1. The summed E-state index contributed by atoms with van der Waals surface area (Å²) < 4.78 is 0. The fourth-order valence-corrected chi connectivity index (χ4v) is 4.93. The second kappa shape index (κ2) is 9.39. The van der Waals surface area contributed by atoms with Crippen LogP contribution in [0.4, 0.5) is 0 Å². The number of nitrogens with zero attached hydrogens (tertiary/aromatic N) is 3. The third kappa shape index (κ3) is 4.96. The molecule has 0 aliphatic heterocycles. The van der Waals surface area contributed by atoms with Gasteiger partial charge in [0.15, 0.2) is 5.96 Å². The molecular weight excluding hydrogens is 382 g/mol. The molecule has 1 aromatic carbocycles. The molecule has 1 saturated carbocycles. The molecule has 0 radical (unpaired) electrons. The summed E-state index contributed by atoms with van der Waals surface area (Å²) in [7, 11) is 5.44. The number of guanidine groups is 1. The van der Waals surface area contributed by atoms with Gasteiger partial charge in [-0.2, -0.15) is 0 Å². The topological polar surface area (TPSA) is 69.6 Å². The van der Waals surface area contributed by atoms with Crippen LogP contribution in [0.1, 0.15) is 36.3 Å². The summed E-state index contributed by atoms with van der Waals surface area (Å²) in [5.74, 6) is 0.931. The van der Waals surface area contributed by atoms with E-state index in [9.17, 15) is 4.79 Å². The van der Waals surface area contributed by atoms with Gasteiger partial charge in [0.05, 0.1) is 17.7 Å². The van der Waals surface area contributed by atoms with Crippen LogP contribution in [-0.4, -0.2) is 49.4 Å². The number of hydrogen-bond donors (Lipinski definition) is 2. The van der Waals surface area contributed by atoms with Gasteiger partial charge < -0.3 is 15.5 Å². The number of hydrogen-bond acceptors (Lipinski definition) is 4. The molecule has 29 heavy (non-hydrogen) atoms. The van der Waals surface area contributed by atoms with E-state index in [0.717, 1.165) is 47.9 Å². The summed E-state index contributed by atoms with van der Waals surface area (Å²) in [6.07, 6.45) is 4.08. The van der Waals surface area contributed by atoms with Crippen molar-refractivity contribution in [3.8, 4) is 10.6 Å². The number of thiazole rings is 1. The van der Waals surface area contributed by atoms with Crippen molar-refractivity contribution in [3.63, 3.8) is 0 Å². The van der Waals surface area contributed by atoms with Gasteiger partial charge in [-0.05, 0) is 19.8 Å². The Kier molecular flexibility index (Phi) is 6.90. The first kappa shape index (κ1) is 21.3. The zero-order valence-corrected chi connectivity index (χ0v) is 18.6. The lowest BCUT2D eigenvalue weighted by atomic mass is 9.84. The normalized spacial score (nSPS) is 15.9. The lowest BCUT2D eigenvalue weighted by Gasteiger charge is -2.31. The van der Waals surface area contributed by atoms with E-state index in [4.69, 9.17) is 4.98 Å². The highest BCUT2D eigenvalue weighted by molar-refractivity contribution is 7.15. The molecule has 0 spiro atoms. The van der Waals surface area contributed by atoms with Crippen molar-refractivity contribution in [1.29, 1.82) is 0 Å². The van der Waals surface area contributed by atoms with Gasteiger partial charge in [-0.1, -0.05) is 43.2 Å². The highest BCUT2D eigenvalue weighted by Crippen LogP contribution is 2.38. The smallest absolute Gasteiger partial charge is 0.230 e. The van der Waals surface area contributed by atoms with E-state index in [1.54, 1.807) is 23.3 Å². The van der Waals surface area contributed by atoms with Gasteiger partial charge in [-0.25, -0.2) is 4.98 Å². The van der Waals surface area contributed by atoms with Crippen LogP contribution in [0.25, 0.3) is 10.6 Å². The Morgan fingerprint density at radius 3 is 2.52 bits per heavy atom. The molecule has 7 heteroatoms. The van der Waals surface area contributed by atoms with Gasteiger partial charge in [-0.15, -0.1) is 11.3 Å². The molecule has 2 N–H and O–H groups in total. The van der Waals surface area contributed by atoms with Crippen LogP contribution >= 0.6 is 11.3 Å². The molecule has 1 aromatic heterocycles. The average Bonchev–Trinajstić information content (AvgIpc) is 3.36. The molecule has 156 valence electrons. The quantitative estimate of drug-likeness (QED) is 0.562. The maximum atomic E-state index is 12.7. The lowest BCUT2D eigenvalue weighted by molar-refractivity contribution is -0.138. The largest absolute Gasteiger partial charge is 0.355 e. The van der Waals surface area contributed by atoms with Crippen molar-refractivity contribution in [2.75, 3.05) is 27.7 Å². The molecule has 0 saturated heterocycles. The maximum Gasteiger partial charge on any atom is 0.230 e. The third-order valence-electron chi connectivity index (χ3n) is 5.57. The van der Waals surface area contributed by atoms with Crippen LogP contribution in [0.2, 0.25) is 0 Å². The SMILES string of the molecule is CN=C(NCc1sc(-c2ccccc2)nc1C)NCC1(C(=O)N(C)C)CCCC1. The van der Waals surface area contributed by atoms with Crippen LogP contribution in [0.15, 0.2) is 35.3 Å². The highest BCUT2D eigenvalue weighted by atomic mass is 32.1. The maximum absolute atomic E-state index is 12.7. The summed E-state index contributed by atoms with van der Waals surface area (Å²) in [5.41, 5.74) is 1.86. The molecule has 0 unspecified atom stereocenters. The number of aliphatic imine (C=N–C) groups is 1. The summed E-state index contributed by atoms with van der Waals surface area (Å²) in [6, 6.07) is 10.2. The number of aromatic nitrogens is 1. The molecule has 1 fully saturated rings. The standard InChI is InChI=1S/C22H31N5OS/c1-16-18(29-19(26-16)17-10-6-5-7-11-17)14-24-21(23-2)25-15-22(12-8-9-13-22)20(28)27(3)4/h5-7,10-11H,8-9,12-15H2,1-4H3,(H2,23,24,25). The van der Waals surface area contributed by atoms with Crippen LogP contribution in [0.3, 0.4) is 0 Å². The summed E-state index contributed by atoms with van der Waals surface area (Å²) in [5, 5.41) is 7.81. The van der Waals surface area contributed by atoms with Crippen LogP contribution in [0.5, 0.6) is 0 Å². The van der Waals surface area contributed by atoms with Gasteiger partial charge >= 0.3 is 0 Å². The summed E-state index contributed by atoms with van der Waals surface area (Å²) >= 11 is 1.70. The number of amides is 1. The Balaban J connectivity index is 1.61. The number of nitrogens with one attached hydrogen (secondary N) is 2. The van der Waals surface area contributed by atoms with Crippen molar-refractivity contribution in [2.45, 2.75) is 39.2 Å². The van der Waals surface area contributed by atoms with Gasteiger partial charge in [0.2, 0.25) is 5.91 Å². The second-order valence-corrected chi connectivity index (χ2v) is 8.94. The number of benzene rings is 1. The molecule has 1 heterocycles. The molecule has 0 atom stereocenters. The zero-order valence-electron chi connectivity index (χ0n) is 17.8. The van der Waals surface area contributed by atoms with Crippen LogP contribution in [0, 0.1) is 12.3 Å². The minimum Gasteiger partial charge on any atom is -0.355 e. The lowest BCUT2D eigenvalue weighted by Crippen LogP contribution is -2.49. The van der Waals surface area contributed by atoms with Crippen molar-refractivity contribution >= 4 is 23.2 Å². The molecule has 1 aliphatic rings. The summed E-state index contributed by atoms with van der Waals surface area (Å²) in [6.45, 7) is 3.31. The van der Waals surface area contributed by atoms with Gasteiger partial charge in [0.1, 0.15) is 5.01 Å². The Morgan fingerprint density at radius 1 is 1.21 bits per heavy atom. The van der Waals surface area contributed by atoms with E-state index in [2.05, 4.69) is 27.8 Å². The Labute approximate surface area is 177 Å². The molecule has 3 rings (SSSR count). The zero-order chi connectivity index (χ0) is 20.9. The Morgan fingerprint density at radius 2 is 1.90 bits per heavy atom. The van der Waals surface area contributed by atoms with Crippen molar-refractivity contribution in [3.05, 3.63) is 40.9 Å². The van der Waals surface area contributed by atoms with E-state index < -0.39 is 0 Å². The Hall–Kier alpha value is -2.41. The average molecular weight is 414 g/mol. The van der Waals surface area contributed by atoms with Crippen molar-refractivity contribution < 1.29 is 4.79 Å².